The number of benzene rings is 1. The summed E-state index contributed by atoms with van der Waals surface area (Å²) in [5.41, 5.74) is -2.14. The molecule has 4 N–H and O–H groups in total. The SMILES string of the molecule is C[C@H](N[P@@](=O)(Oc1ccccc1)O[C@@H](C)[C@H]1O[C@@H](n2cc(F)c(=O)[nH]c2=O)C[C@@H]1O)C(=O)O. The second-order valence-corrected chi connectivity index (χ2v) is 9.05. The monoisotopic (exact) mass is 487 g/mol. The number of carbonyl (C=O) groups is 1. The van der Waals surface area contributed by atoms with Gasteiger partial charge in [0, 0.05) is 6.42 Å². The Hall–Kier alpha value is -2.83. The zero-order valence-corrected chi connectivity index (χ0v) is 18.5. The molecule has 1 aromatic heterocycles. The minimum Gasteiger partial charge on any atom is -0.480 e. The molecule has 0 amide bonds. The Balaban J connectivity index is 1.80. The van der Waals surface area contributed by atoms with Crippen LogP contribution in [0.3, 0.4) is 0 Å². The predicted molar refractivity (Wildman–Crippen MR) is 111 cm³/mol. The van der Waals surface area contributed by atoms with E-state index in [-0.39, 0.29) is 12.2 Å². The van der Waals surface area contributed by atoms with Gasteiger partial charge in [-0.3, -0.25) is 23.7 Å². The third-order valence-electron chi connectivity index (χ3n) is 4.83. The zero-order chi connectivity index (χ0) is 24.3. The number of aromatic amines is 1. The standard InChI is InChI=1S/C19H23FN3O9P/c1-10(18(26)27)22-33(29,32-12-6-4-3-5-7-12)31-11(2)16-14(24)8-15(30-16)23-9-13(20)17(25)21-19(23)28/h3-7,9-11,14-16,24H,8H2,1-2H3,(H,22,29)(H,26,27)(H,21,25,28)/t10-,11-,14-,15+,16+,33-/m0/s1. The van der Waals surface area contributed by atoms with E-state index in [0.29, 0.717) is 6.20 Å². The number of para-hydroxylation sites is 1. The maximum Gasteiger partial charge on any atom is 0.459 e. The molecular weight excluding hydrogens is 464 g/mol. The van der Waals surface area contributed by atoms with Gasteiger partial charge in [-0.05, 0) is 26.0 Å². The Kier molecular flexibility index (Phi) is 7.50. The van der Waals surface area contributed by atoms with Gasteiger partial charge in [-0.15, -0.1) is 0 Å². The number of carboxylic acids is 1. The number of nitrogens with one attached hydrogen (secondary N) is 2. The van der Waals surface area contributed by atoms with Gasteiger partial charge in [0.15, 0.2) is 0 Å². The summed E-state index contributed by atoms with van der Waals surface area (Å²) in [4.78, 5) is 36.3. The zero-order valence-electron chi connectivity index (χ0n) is 17.6. The highest BCUT2D eigenvalue weighted by atomic mass is 31.2. The van der Waals surface area contributed by atoms with Crippen molar-refractivity contribution in [3.63, 3.8) is 0 Å². The van der Waals surface area contributed by atoms with Crippen molar-refractivity contribution in [1.82, 2.24) is 14.6 Å². The van der Waals surface area contributed by atoms with Crippen molar-refractivity contribution in [2.45, 2.75) is 50.8 Å². The Morgan fingerprint density at radius 3 is 2.64 bits per heavy atom. The van der Waals surface area contributed by atoms with Crippen LogP contribution in [0.2, 0.25) is 0 Å². The van der Waals surface area contributed by atoms with E-state index in [0.717, 1.165) is 4.57 Å². The Morgan fingerprint density at radius 1 is 1.33 bits per heavy atom. The fourth-order valence-corrected chi connectivity index (χ4v) is 4.91. The third kappa shape index (κ3) is 5.95. The molecule has 1 aromatic carbocycles. The normalized spacial score (nSPS) is 24.1. The van der Waals surface area contributed by atoms with E-state index in [1.807, 2.05) is 0 Å². The summed E-state index contributed by atoms with van der Waals surface area (Å²) in [6.07, 6.45) is -4.15. The first-order chi connectivity index (χ1) is 15.5. The predicted octanol–water partition coefficient (Wildman–Crippen LogP) is 0.979. The van der Waals surface area contributed by atoms with Crippen LogP contribution in [0.5, 0.6) is 5.75 Å². The average Bonchev–Trinajstić information content (AvgIpc) is 3.12. The van der Waals surface area contributed by atoms with Crippen LogP contribution in [0.4, 0.5) is 4.39 Å². The summed E-state index contributed by atoms with van der Waals surface area (Å²) in [7, 11) is -4.30. The molecule has 1 fully saturated rings. The van der Waals surface area contributed by atoms with Crippen molar-refractivity contribution in [2.75, 3.05) is 0 Å². The van der Waals surface area contributed by atoms with Gasteiger partial charge < -0.3 is 19.5 Å². The molecule has 1 aliphatic rings. The molecule has 1 aliphatic heterocycles. The fourth-order valence-electron chi connectivity index (χ4n) is 3.22. The molecule has 0 saturated carbocycles. The van der Waals surface area contributed by atoms with Crippen LogP contribution < -0.4 is 20.9 Å². The van der Waals surface area contributed by atoms with Crippen molar-refractivity contribution >= 4 is 13.7 Å². The second-order valence-electron chi connectivity index (χ2n) is 7.40. The molecule has 33 heavy (non-hydrogen) atoms. The van der Waals surface area contributed by atoms with Gasteiger partial charge in [-0.25, -0.2) is 9.36 Å². The number of carboxylic acid groups (broad SMARTS) is 1. The Labute approximate surface area is 186 Å². The van der Waals surface area contributed by atoms with Crippen molar-refractivity contribution in [3.05, 3.63) is 63.2 Å². The number of aliphatic hydroxyl groups excluding tert-OH is 1. The number of aromatic nitrogens is 2. The van der Waals surface area contributed by atoms with Crippen LogP contribution in [0.15, 0.2) is 46.1 Å². The lowest BCUT2D eigenvalue weighted by atomic mass is 10.1. The quantitative estimate of drug-likeness (QED) is 0.374. The summed E-state index contributed by atoms with van der Waals surface area (Å²) in [5.74, 6) is -2.38. The van der Waals surface area contributed by atoms with Crippen LogP contribution >= 0.6 is 7.75 Å². The first-order valence-electron chi connectivity index (χ1n) is 9.87. The van der Waals surface area contributed by atoms with E-state index >= 15 is 0 Å². The fraction of sp³-hybridized carbons (Fsp3) is 0.421. The number of rotatable bonds is 9. The van der Waals surface area contributed by atoms with E-state index in [2.05, 4.69) is 5.09 Å². The van der Waals surface area contributed by atoms with Crippen LogP contribution in [0, 0.1) is 5.82 Å². The number of aliphatic hydroxyl groups is 1. The maximum atomic E-state index is 13.6. The summed E-state index contributed by atoms with van der Waals surface area (Å²) in [6.45, 7) is 2.64. The first-order valence-corrected chi connectivity index (χ1v) is 11.4. The molecule has 0 spiro atoms. The van der Waals surface area contributed by atoms with Crippen molar-refractivity contribution in [1.29, 1.82) is 0 Å². The molecule has 12 nitrogen and oxygen atoms in total. The smallest absolute Gasteiger partial charge is 0.459 e. The van der Waals surface area contributed by atoms with Gasteiger partial charge in [0.2, 0.25) is 5.82 Å². The Bertz CT molecular complexity index is 1160. The van der Waals surface area contributed by atoms with Crippen molar-refractivity contribution in [2.24, 2.45) is 0 Å². The lowest BCUT2D eigenvalue weighted by molar-refractivity contribution is -0.138. The van der Waals surface area contributed by atoms with Crippen LogP contribution in [0.1, 0.15) is 26.5 Å². The molecule has 0 radical (unpaired) electrons. The van der Waals surface area contributed by atoms with Gasteiger partial charge >= 0.3 is 19.4 Å². The topological polar surface area (TPSA) is 169 Å². The molecule has 2 heterocycles. The van der Waals surface area contributed by atoms with E-state index in [1.54, 1.807) is 23.2 Å². The molecule has 14 heteroatoms. The average molecular weight is 487 g/mol. The van der Waals surface area contributed by atoms with Crippen LogP contribution in [-0.2, 0) is 18.6 Å². The molecule has 0 unspecified atom stereocenters. The molecule has 180 valence electrons. The third-order valence-corrected chi connectivity index (χ3v) is 6.59. The van der Waals surface area contributed by atoms with Gasteiger partial charge in [-0.2, -0.15) is 9.48 Å². The number of hydrogen-bond donors (Lipinski definition) is 4. The minimum atomic E-state index is -4.30. The van der Waals surface area contributed by atoms with Crippen LogP contribution in [0.25, 0.3) is 0 Å². The molecule has 0 bridgehead atoms. The number of nitrogens with zero attached hydrogens (tertiary/aromatic N) is 1. The highest BCUT2D eigenvalue weighted by molar-refractivity contribution is 7.52. The molecule has 6 atom stereocenters. The lowest BCUT2D eigenvalue weighted by Crippen LogP contribution is -2.39. The molecule has 1 saturated heterocycles. The number of ether oxygens (including phenoxy) is 1. The Morgan fingerprint density at radius 2 is 2.00 bits per heavy atom. The van der Waals surface area contributed by atoms with E-state index in [4.69, 9.17) is 13.8 Å². The van der Waals surface area contributed by atoms with E-state index in [9.17, 15) is 33.6 Å². The highest BCUT2D eigenvalue weighted by Crippen LogP contribution is 2.47. The number of H-pyrrole nitrogens is 1. The summed E-state index contributed by atoms with van der Waals surface area (Å²) in [5, 5.41) is 21.9. The highest BCUT2D eigenvalue weighted by Gasteiger charge is 2.43. The largest absolute Gasteiger partial charge is 0.480 e. The molecule has 3 rings (SSSR count). The van der Waals surface area contributed by atoms with Gasteiger partial charge in [0.05, 0.1) is 18.4 Å². The lowest BCUT2D eigenvalue weighted by Gasteiger charge is -2.28. The first kappa shape index (κ1) is 24.8. The van der Waals surface area contributed by atoms with Crippen molar-refractivity contribution < 1.29 is 37.7 Å². The minimum absolute atomic E-state index is 0.138. The van der Waals surface area contributed by atoms with E-state index in [1.165, 1.54) is 26.0 Å². The number of aliphatic carboxylic acids is 1. The molecule has 2 aromatic rings. The number of hydrogen-bond acceptors (Lipinski definition) is 8. The van der Waals surface area contributed by atoms with Gasteiger partial charge in [0.1, 0.15) is 24.1 Å². The van der Waals surface area contributed by atoms with Crippen molar-refractivity contribution in [3.8, 4) is 5.75 Å². The molecule has 0 aliphatic carbocycles. The second kappa shape index (κ2) is 9.98. The summed E-state index contributed by atoms with van der Waals surface area (Å²) >= 11 is 0. The summed E-state index contributed by atoms with van der Waals surface area (Å²) < 4.78 is 44.3. The maximum absolute atomic E-state index is 13.6. The van der Waals surface area contributed by atoms with E-state index < -0.39 is 61.4 Å². The number of halogens is 1. The van der Waals surface area contributed by atoms with Crippen LogP contribution in [-0.4, -0.2) is 50.1 Å². The summed E-state index contributed by atoms with van der Waals surface area (Å²) in [6, 6.07) is 6.58. The van der Waals surface area contributed by atoms with Gasteiger partial charge in [-0.1, -0.05) is 18.2 Å². The molecular formula is C19H23FN3O9P. The van der Waals surface area contributed by atoms with Gasteiger partial charge in [0.25, 0.3) is 5.56 Å².